The molecular formula is C17H18O3. The predicted octanol–water partition coefficient (Wildman–Crippen LogP) is 2.89. The van der Waals surface area contributed by atoms with E-state index in [1.54, 1.807) is 49.4 Å². The highest BCUT2D eigenvalue weighted by molar-refractivity contribution is 5.99. The second-order valence-electron chi connectivity index (χ2n) is 4.95. The van der Waals surface area contributed by atoms with E-state index in [0.29, 0.717) is 5.56 Å². The van der Waals surface area contributed by atoms with Crippen molar-refractivity contribution >= 4 is 5.78 Å². The first-order chi connectivity index (χ1) is 9.53. The van der Waals surface area contributed by atoms with Crippen LogP contribution in [-0.4, -0.2) is 23.3 Å². The van der Waals surface area contributed by atoms with E-state index in [1.165, 1.54) is 6.08 Å². The first kappa shape index (κ1) is 14.4. The van der Waals surface area contributed by atoms with Gasteiger partial charge in [0, 0.05) is 5.56 Å². The van der Waals surface area contributed by atoms with Crippen LogP contribution in [0.1, 0.15) is 17.3 Å². The molecule has 1 aromatic carbocycles. The Bertz CT molecular complexity index is 557. The van der Waals surface area contributed by atoms with E-state index < -0.39 is 11.7 Å². The van der Waals surface area contributed by atoms with E-state index in [9.17, 15) is 9.90 Å². The molecule has 0 spiro atoms. The summed E-state index contributed by atoms with van der Waals surface area (Å²) < 4.78 is 5.48. The van der Waals surface area contributed by atoms with Crippen molar-refractivity contribution in [3.05, 3.63) is 72.4 Å². The lowest BCUT2D eigenvalue weighted by Gasteiger charge is -2.32. The highest BCUT2D eigenvalue weighted by Gasteiger charge is 2.40. The van der Waals surface area contributed by atoms with Crippen LogP contribution < -0.4 is 0 Å². The molecule has 0 amide bonds. The van der Waals surface area contributed by atoms with E-state index in [2.05, 4.69) is 6.58 Å². The Morgan fingerprint density at radius 3 is 2.70 bits per heavy atom. The van der Waals surface area contributed by atoms with Crippen molar-refractivity contribution in [2.75, 3.05) is 6.61 Å². The lowest BCUT2D eigenvalue weighted by Crippen LogP contribution is -2.43. The summed E-state index contributed by atoms with van der Waals surface area (Å²) in [5.74, 6) is -2.55. The Morgan fingerprint density at radius 1 is 1.35 bits per heavy atom. The standard InChI is InChI=1S/C17H18O3/c1-13(2)12-20-17(19)11-7-6-10-15(17)16(18)14-8-4-3-5-9-14/h3-11,15,19H,1,12H2,2H3. The van der Waals surface area contributed by atoms with Gasteiger partial charge in [0.05, 0.1) is 12.5 Å². The number of Topliss-reactive ketones (excluding diaryl/α,β-unsaturated/α-hetero) is 1. The fourth-order valence-electron chi connectivity index (χ4n) is 2.04. The molecule has 1 N–H and O–H groups in total. The summed E-state index contributed by atoms with van der Waals surface area (Å²) in [4.78, 5) is 12.5. The molecule has 0 fully saturated rings. The van der Waals surface area contributed by atoms with E-state index in [1.807, 2.05) is 6.07 Å². The maximum Gasteiger partial charge on any atom is 0.199 e. The first-order valence-corrected chi connectivity index (χ1v) is 6.49. The second-order valence-corrected chi connectivity index (χ2v) is 4.95. The molecule has 0 saturated carbocycles. The van der Waals surface area contributed by atoms with Gasteiger partial charge in [-0.15, -0.1) is 0 Å². The quantitative estimate of drug-likeness (QED) is 0.508. The third-order valence-electron chi connectivity index (χ3n) is 3.09. The number of carbonyl (C=O) groups is 1. The minimum Gasteiger partial charge on any atom is -0.361 e. The van der Waals surface area contributed by atoms with Crippen LogP contribution in [0.4, 0.5) is 0 Å². The van der Waals surface area contributed by atoms with Crippen molar-refractivity contribution in [1.29, 1.82) is 0 Å². The molecular weight excluding hydrogens is 252 g/mol. The van der Waals surface area contributed by atoms with Gasteiger partial charge in [0.15, 0.2) is 11.6 Å². The molecule has 0 heterocycles. The fourth-order valence-corrected chi connectivity index (χ4v) is 2.04. The van der Waals surface area contributed by atoms with Gasteiger partial charge in [0.25, 0.3) is 0 Å². The van der Waals surface area contributed by atoms with Gasteiger partial charge >= 0.3 is 0 Å². The van der Waals surface area contributed by atoms with E-state index in [0.717, 1.165) is 5.57 Å². The van der Waals surface area contributed by atoms with Gasteiger partial charge in [-0.05, 0) is 13.0 Å². The van der Waals surface area contributed by atoms with Crippen LogP contribution in [-0.2, 0) is 4.74 Å². The Morgan fingerprint density at radius 2 is 2.05 bits per heavy atom. The molecule has 1 aromatic rings. The van der Waals surface area contributed by atoms with E-state index in [4.69, 9.17) is 4.74 Å². The molecule has 104 valence electrons. The lowest BCUT2D eigenvalue weighted by atomic mass is 9.86. The minimum atomic E-state index is -1.62. The van der Waals surface area contributed by atoms with Crippen LogP contribution in [0, 0.1) is 5.92 Å². The number of hydrogen-bond acceptors (Lipinski definition) is 3. The maximum atomic E-state index is 12.5. The molecule has 0 aliphatic heterocycles. The molecule has 20 heavy (non-hydrogen) atoms. The zero-order valence-electron chi connectivity index (χ0n) is 11.5. The topological polar surface area (TPSA) is 46.5 Å². The maximum absolute atomic E-state index is 12.5. The molecule has 3 heteroatoms. The average Bonchev–Trinajstić information content (AvgIpc) is 2.46. The molecule has 0 aromatic heterocycles. The molecule has 2 unspecified atom stereocenters. The van der Waals surface area contributed by atoms with Crippen LogP contribution in [0.25, 0.3) is 0 Å². The molecule has 1 aliphatic carbocycles. The molecule has 0 bridgehead atoms. The zero-order chi connectivity index (χ0) is 14.6. The number of carbonyl (C=O) groups excluding carboxylic acids is 1. The SMILES string of the molecule is C=C(C)COC1(O)C=CC=CC1C(=O)c1ccccc1. The highest BCUT2D eigenvalue weighted by Crippen LogP contribution is 2.29. The summed E-state index contributed by atoms with van der Waals surface area (Å²) in [6.07, 6.45) is 6.58. The zero-order valence-corrected chi connectivity index (χ0v) is 11.5. The van der Waals surface area contributed by atoms with Gasteiger partial charge in [-0.2, -0.15) is 0 Å². The van der Waals surface area contributed by atoms with Crippen molar-refractivity contribution < 1.29 is 14.6 Å². The van der Waals surface area contributed by atoms with Crippen LogP contribution in [0.15, 0.2) is 66.8 Å². The average molecular weight is 270 g/mol. The smallest absolute Gasteiger partial charge is 0.199 e. The largest absolute Gasteiger partial charge is 0.361 e. The van der Waals surface area contributed by atoms with Gasteiger partial charge in [-0.1, -0.05) is 60.7 Å². The summed E-state index contributed by atoms with van der Waals surface area (Å²) in [5, 5.41) is 10.6. The van der Waals surface area contributed by atoms with Gasteiger partial charge in [0.2, 0.25) is 0 Å². The van der Waals surface area contributed by atoms with Gasteiger partial charge in [-0.25, -0.2) is 0 Å². The van der Waals surface area contributed by atoms with E-state index >= 15 is 0 Å². The normalized spacial score (nSPS) is 24.6. The van der Waals surface area contributed by atoms with Crippen LogP contribution >= 0.6 is 0 Å². The van der Waals surface area contributed by atoms with Crippen molar-refractivity contribution in [3.63, 3.8) is 0 Å². The number of allylic oxidation sites excluding steroid dienone is 2. The number of ketones is 1. The predicted molar refractivity (Wildman–Crippen MR) is 78.3 cm³/mol. The van der Waals surface area contributed by atoms with Crippen LogP contribution in [0.2, 0.25) is 0 Å². The molecule has 1 aliphatic rings. The third-order valence-corrected chi connectivity index (χ3v) is 3.09. The first-order valence-electron chi connectivity index (χ1n) is 6.49. The summed E-state index contributed by atoms with van der Waals surface area (Å²) in [7, 11) is 0. The van der Waals surface area contributed by atoms with Crippen molar-refractivity contribution in [2.45, 2.75) is 12.7 Å². The number of hydrogen-bond donors (Lipinski definition) is 1. The fraction of sp³-hybridized carbons (Fsp3) is 0.235. The van der Waals surface area contributed by atoms with Gasteiger partial charge < -0.3 is 9.84 Å². The highest BCUT2D eigenvalue weighted by atomic mass is 16.6. The van der Waals surface area contributed by atoms with Crippen LogP contribution in [0.3, 0.4) is 0 Å². The number of aliphatic hydroxyl groups is 1. The number of benzene rings is 1. The van der Waals surface area contributed by atoms with Gasteiger partial charge in [0.1, 0.15) is 0 Å². The number of rotatable bonds is 5. The molecule has 0 radical (unpaired) electrons. The molecule has 2 rings (SSSR count). The molecule has 2 atom stereocenters. The van der Waals surface area contributed by atoms with E-state index in [-0.39, 0.29) is 12.4 Å². The van der Waals surface area contributed by atoms with Crippen molar-refractivity contribution in [1.82, 2.24) is 0 Å². The number of ether oxygens (including phenoxy) is 1. The Balaban J connectivity index is 2.24. The summed E-state index contributed by atoms with van der Waals surface area (Å²) >= 11 is 0. The second kappa shape index (κ2) is 5.99. The van der Waals surface area contributed by atoms with Gasteiger partial charge in [-0.3, -0.25) is 4.79 Å². The summed E-state index contributed by atoms with van der Waals surface area (Å²) in [6.45, 7) is 5.74. The van der Waals surface area contributed by atoms with Crippen molar-refractivity contribution in [2.24, 2.45) is 5.92 Å². The van der Waals surface area contributed by atoms with Crippen LogP contribution in [0.5, 0.6) is 0 Å². The Labute approximate surface area is 118 Å². The lowest BCUT2D eigenvalue weighted by molar-refractivity contribution is -0.176. The minimum absolute atomic E-state index is 0.171. The Kier molecular flexibility index (Phi) is 4.32. The monoisotopic (exact) mass is 270 g/mol. The molecule has 0 saturated heterocycles. The van der Waals surface area contributed by atoms with Crippen molar-refractivity contribution in [3.8, 4) is 0 Å². The Hall–Kier alpha value is -1.97. The third kappa shape index (κ3) is 3.13. The molecule has 3 nitrogen and oxygen atoms in total. The summed E-state index contributed by atoms with van der Waals surface area (Å²) in [5.41, 5.74) is 1.34. The summed E-state index contributed by atoms with van der Waals surface area (Å²) in [6, 6.07) is 8.89.